The van der Waals surface area contributed by atoms with Crippen LogP contribution in [0.15, 0.2) is 47.4 Å². The zero-order valence-corrected chi connectivity index (χ0v) is 11.2. The standard InChI is InChI=1S/C14H13NO3S/c1-18-13-7-3-5-11(15-13)9-19-12-6-2-4-10(8-12)14(16)17/h2-8H,9H2,1H3,(H,16,17). The molecule has 1 aromatic carbocycles. The van der Waals surface area contributed by atoms with Crippen LogP contribution in [0.2, 0.25) is 0 Å². The molecule has 0 spiro atoms. The van der Waals surface area contributed by atoms with Crippen molar-refractivity contribution < 1.29 is 14.6 Å². The molecular formula is C14H13NO3S. The van der Waals surface area contributed by atoms with E-state index in [1.807, 2.05) is 18.2 Å². The van der Waals surface area contributed by atoms with Crippen molar-refractivity contribution >= 4 is 17.7 Å². The van der Waals surface area contributed by atoms with E-state index in [0.29, 0.717) is 17.2 Å². The largest absolute Gasteiger partial charge is 0.481 e. The van der Waals surface area contributed by atoms with Crippen LogP contribution in [0.4, 0.5) is 0 Å². The molecule has 98 valence electrons. The Bertz CT molecular complexity index is 586. The lowest BCUT2D eigenvalue weighted by molar-refractivity contribution is 0.0696. The van der Waals surface area contributed by atoms with Gasteiger partial charge in [-0.3, -0.25) is 0 Å². The van der Waals surface area contributed by atoms with E-state index in [9.17, 15) is 4.79 Å². The highest BCUT2D eigenvalue weighted by Crippen LogP contribution is 2.23. The molecule has 0 fully saturated rings. The normalized spacial score (nSPS) is 10.2. The van der Waals surface area contributed by atoms with E-state index in [1.165, 1.54) is 0 Å². The molecule has 19 heavy (non-hydrogen) atoms. The van der Waals surface area contributed by atoms with Crippen LogP contribution < -0.4 is 4.74 Å². The summed E-state index contributed by atoms with van der Waals surface area (Å²) in [6.07, 6.45) is 0. The van der Waals surface area contributed by atoms with Gasteiger partial charge < -0.3 is 9.84 Å². The second kappa shape index (κ2) is 6.24. The SMILES string of the molecule is COc1cccc(CSc2cccc(C(=O)O)c2)n1. The van der Waals surface area contributed by atoms with Crippen LogP contribution in [-0.2, 0) is 5.75 Å². The van der Waals surface area contributed by atoms with Crippen LogP contribution in [0.3, 0.4) is 0 Å². The van der Waals surface area contributed by atoms with Crippen LogP contribution >= 0.6 is 11.8 Å². The number of nitrogens with zero attached hydrogens (tertiary/aromatic N) is 1. The fourth-order valence-electron chi connectivity index (χ4n) is 1.53. The molecule has 0 aliphatic carbocycles. The van der Waals surface area contributed by atoms with Gasteiger partial charge in [0.15, 0.2) is 0 Å². The molecule has 4 nitrogen and oxygen atoms in total. The van der Waals surface area contributed by atoms with Crippen LogP contribution in [0.1, 0.15) is 16.1 Å². The number of methoxy groups -OCH3 is 1. The minimum absolute atomic E-state index is 0.295. The summed E-state index contributed by atoms with van der Waals surface area (Å²) in [5, 5.41) is 8.92. The molecule has 0 saturated carbocycles. The average molecular weight is 275 g/mol. The van der Waals surface area contributed by atoms with E-state index in [0.717, 1.165) is 10.6 Å². The van der Waals surface area contributed by atoms with E-state index in [2.05, 4.69) is 4.98 Å². The second-order valence-corrected chi connectivity index (χ2v) is 4.84. The molecule has 0 saturated heterocycles. The Morgan fingerprint density at radius 1 is 1.32 bits per heavy atom. The zero-order valence-electron chi connectivity index (χ0n) is 10.4. The quantitative estimate of drug-likeness (QED) is 0.850. The fourth-order valence-corrected chi connectivity index (χ4v) is 2.39. The lowest BCUT2D eigenvalue weighted by Crippen LogP contribution is -1.95. The van der Waals surface area contributed by atoms with Gasteiger partial charge in [0.25, 0.3) is 0 Å². The third-order valence-corrected chi connectivity index (χ3v) is 3.49. The highest BCUT2D eigenvalue weighted by molar-refractivity contribution is 7.98. The molecule has 1 N–H and O–H groups in total. The summed E-state index contributed by atoms with van der Waals surface area (Å²) in [5.74, 6) is 0.333. The smallest absolute Gasteiger partial charge is 0.335 e. The van der Waals surface area contributed by atoms with Crippen molar-refractivity contribution in [3.8, 4) is 5.88 Å². The maximum Gasteiger partial charge on any atom is 0.335 e. The van der Waals surface area contributed by atoms with Gasteiger partial charge in [0.1, 0.15) is 0 Å². The molecule has 2 aromatic rings. The Balaban J connectivity index is 2.05. The topological polar surface area (TPSA) is 59.4 Å². The molecule has 0 aliphatic rings. The number of pyridine rings is 1. The van der Waals surface area contributed by atoms with Gasteiger partial charge in [0, 0.05) is 16.7 Å². The summed E-state index contributed by atoms with van der Waals surface area (Å²) in [6.45, 7) is 0. The molecule has 1 aromatic heterocycles. The first-order valence-electron chi connectivity index (χ1n) is 5.65. The van der Waals surface area contributed by atoms with E-state index < -0.39 is 5.97 Å². The summed E-state index contributed by atoms with van der Waals surface area (Å²) in [5.41, 5.74) is 1.19. The van der Waals surface area contributed by atoms with E-state index >= 15 is 0 Å². The van der Waals surface area contributed by atoms with Gasteiger partial charge in [-0.05, 0) is 24.3 Å². The summed E-state index contributed by atoms with van der Waals surface area (Å²) >= 11 is 1.54. The van der Waals surface area contributed by atoms with Gasteiger partial charge >= 0.3 is 5.97 Å². The average Bonchev–Trinajstić information content (AvgIpc) is 2.45. The van der Waals surface area contributed by atoms with Crippen molar-refractivity contribution in [1.29, 1.82) is 0 Å². The molecule has 0 bridgehead atoms. The van der Waals surface area contributed by atoms with Crippen molar-refractivity contribution in [1.82, 2.24) is 4.98 Å². The Kier molecular flexibility index (Phi) is 4.41. The van der Waals surface area contributed by atoms with Crippen molar-refractivity contribution in [3.63, 3.8) is 0 Å². The summed E-state index contributed by atoms with van der Waals surface area (Å²) in [6, 6.07) is 12.5. The summed E-state index contributed by atoms with van der Waals surface area (Å²) in [7, 11) is 1.58. The van der Waals surface area contributed by atoms with Gasteiger partial charge in [0.05, 0.1) is 18.4 Å². The van der Waals surface area contributed by atoms with Crippen molar-refractivity contribution in [2.75, 3.05) is 7.11 Å². The summed E-state index contributed by atoms with van der Waals surface area (Å²) in [4.78, 5) is 16.1. The molecule has 0 aliphatic heterocycles. The van der Waals surface area contributed by atoms with E-state index in [4.69, 9.17) is 9.84 Å². The summed E-state index contributed by atoms with van der Waals surface area (Å²) < 4.78 is 5.06. The highest BCUT2D eigenvalue weighted by Gasteiger charge is 2.04. The minimum atomic E-state index is -0.915. The fraction of sp³-hybridized carbons (Fsp3) is 0.143. The van der Waals surface area contributed by atoms with Gasteiger partial charge in [-0.25, -0.2) is 9.78 Å². The molecule has 0 atom stereocenters. The van der Waals surface area contributed by atoms with Crippen molar-refractivity contribution in [2.24, 2.45) is 0 Å². The molecule has 2 rings (SSSR count). The van der Waals surface area contributed by atoms with Crippen molar-refractivity contribution in [3.05, 3.63) is 53.7 Å². The number of aromatic nitrogens is 1. The third kappa shape index (κ3) is 3.72. The molecule has 0 unspecified atom stereocenters. The predicted octanol–water partition coefficient (Wildman–Crippen LogP) is 3.08. The number of ether oxygens (including phenoxy) is 1. The van der Waals surface area contributed by atoms with Crippen LogP contribution in [-0.4, -0.2) is 23.2 Å². The molecule has 5 heteroatoms. The third-order valence-electron chi connectivity index (χ3n) is 2.46. The molecular weight excluding hydrogens is 262 g/mol. The predicted molar refractivity (Wildman–Crippen MR) is 73.8 cm³/mol. The minimum Gasteiger partial charge on any atom is -0.481 e. The number of benzene rings is 1. The Morgan fingerprint density at radius 2 is 2.11 bits per heavy atom. The molecule has 0 radical (unpaired) electrons. The number of aromatic carboxylic acids is 1. The number of thioether (sulfide) groups is 1. The van der Waals surface area contributed by atoms with Gasteiger partial charge in [-0.15, -0.1) is 11.8 Å². The van der Waals surface area contributed by atoms with Gasteiger partial charge in [-0.2, -0.15) is 0 Å². The number of hydrogen-bond donors (Lipinski definition) is 1. The number of carboxylic acids is 1. The van der Waals surface area contributed by atoms with E-state index in [-0.39, 0.29) is 0 Å². The maximum atomic E-state index is 10.9. The zero-order chi connectivity index (χ0) is 13.7. The van der Waals surface area contributed by atoms with Gasteiger partial charge in [-0.1, -0.05) is 12.1 Å². The Labute approximate surface area is 115 Å². The van der Waals surface area contributed by atoms with Crippen molar-refractivity contribution in [2.45, 2.75) is 10.6 Å². The number of hydrogen-bond acceptors (Lipinski definition) is 4. The van der Waals surface area contributed by atoms with E-state index in [1.54, 1.807) is 43.1 Å². The molecule has 0 amide bonds. The monoisotopic (exact) mass is 275 g/mol. The lowest BCUT2D eigenvalue weighted by atomic mass is 10.2. The second-order valence-electron chi connectivity index (χ2n) is 3.79. The van der Waals surface area contributed by atoms with Crippen LogP contribution in [0.5, 0.6) is 5.88 Å². The lowest BCUT2D eigenvalue weighted by Gasteiger charge is -2.04. The molecule has 1 heterocycles. The van der Waals surface area contributed by atoms with Gasteiger partial charge in [0.2, 0.25) is 5.88 Å². The first-order valence-corrected chi connectivity index (χ1v) is 6.63. The number of carboxylic acid groups (broad SMARTS) is 1. The van der Waals surface area contributed by atoms with Crippen LogP contribution in [0.25, 0.3) is 0 Å². The number of rotatable bonds is 5. The Hall–Kier alpha value is -2.01. The Morgan fingerprint density at radius 3 is 2.84 bits per heavy atom. The highest BCUT2D eigenvalue weighted by atomic mass is 32.2. The maximum absolute atomic E-state index is 10.9. The number of carbonyl (C=O) groups is 1. The van der Waals surface area contributed by atoms with Crippen LogP contribution in [0, 0.1) is 0 Å². The first-order chi connectivity index (χ1) is 9.19. The first kappa shape index (κ1) is 13.4.